The van der Waals surface area contributed by atoms with Crippen molar-refractivity contribution < 1.29 is 9.32 Å². The van der Waals surface area contributed by atoms with Crippen molar-refractivity contribution in [3.05, 3.63) is 72.1 Å². The molecule has 0 unspecified atom stereocenters. The minimum atomic E-state index is -0.206. The third kappa shape index (κ3) is 3.66. The molecule has 0 atom stereocenters. The van der Waals surface area contributed by atoms with Crippen LogP contribution >= 0.6 is 0 Å². The summed E-state index contributed by atoms with van der Waals surface area (Å²) >= 11 is 0. The van der Waals surface area contributed by atoms with Crippen LogP contribution in [0.15, 0.2) is 65.3 Å². The van der Waals surface area contributed by atoms with E-state index in [4.69, 9.17) is 15.9 Å². The van der Waals surface area contributed by atoms with Gasteiger partial charge in [-0.05, 0) is 19.1 Å². The van der Waals surface area contributed by atoms with E-state index in [0.717, 1.165) is 28.1 Å². The van der Waals surface area contributed by atoms with E-state index in [1.807, 2.05) is 55.6 Å². The Balaban J connectivity index is 1.63. The first-order valence-corrected chi connectivity index (χ1v) is 9.07. The van der Waals surface area contributed by atoms with Gasteiger partial charge in [-0.15, -0.1) is 6.42 Å². The second kappa shape index (κ2) is 7.87. The number of amides is 1. The molecule has 0 fully saturated rings. The topological polar surface area (TPSA) is 83.8 Å². The molecular weight excluding hydrogens is 364 g/mol. The number of nitrogens with zero attached hydrogens (tertiary/aromatic N) is 2. The highest BCUT2D eigenvalue weighted by atomic mass is 16.5. The molecule has 0 aliphatic heterocycles. The lowest BCUT2D eigenvalue weighted by Gasteiger charge is -2.03. The van der Waals surface area contributed by atoms with Gasteiger partial charge in [-0.2, -0.15) is 0 Å². The summed E-state index contributed by atoms with van der Waals surface area (Å²) in [6.07, 6.45) is 7.00. The van der Waals surface area contributed by atoms with Crippen molar-refractivity contribution in [1.29, 1.82) is 0 Å². The van der Waals surface area contributed by atoms with Crippen LogP contribution in [-0.2, 0) is 0 Å². The fourth-order valence-corrected chi connectivity index (χ4v) is 3.08. The number of aromatic amines is 1. The fourth-order valence-electron chi connectivity index (χ4n) is 3.08. The molecule has 0 spiro atoms. The number of carbonyl (C=O) groups excluding carboxylic acids is 1. The zero-order valence-corrected chi connectivity index (χ0v) is 15.8. The number of imidazole rings is 1. The Morgan fingerprint density at radius 2 is 1.90 bits per heavy atom. The van der Waals surface area contributed by atoms with Crippen LogP contribution in [0.5, 0.6) is 0 Å². The van der Waals surface area contributed by atoms with E-state index in [9.17, 15) is 4.79 Å². The first kappa shape index (κ1) is 18.3. The maximum Gasteiger partial charge on any atom is 0.252 e. The second-order valence-corrected chi connectivity index (χ2v) is 6.43. The largest absolute Gasteiger partial charge is 0.360 e. The van der Waals surface area contributed by atoms with E-state index in [2.05, 4.69) is 21.4 Å². The Hall–Kier alpha value is -4.11. The van der Waals surface area contributed by atoms with E-state index < -0.39 is 0 Å². The molecule has 4 rings (SSSR count). The van der Waals surface area contributed by atoms with Gasteiger partial charge >= 0.3 is 0 Å². The molecule has 29 heavy (non-hydrogen) atoms. The maximum atomic E-state index is 12.0. The molecule has 0 radical (unpaired) electrons. The second-order valence-electron chi connectivity index (χ2n) is 6.43. The van der Waals surface area contributed by atoms with Gasteiger partial charge in [-0.25, -0.2) is 4.98 Å². The van der Waals surface area contributed by atoms with E-state index in [1.54, 1.807) is 12.1 Å². The maximum absolute atomic E-state index is 12.0. The lowest BCUT2D eigenvalue weighted by molar-refractivity contribution is 0.0958. The van der Waals surface area contributed by atoms with E-state index in [-0.39, 0.29) is 12.5 Å². The fraction of sp³-hybridized carbons (Fsp3) is 0.0870. The SMILES string of the molecule is C#CCNC(=O)c1ccc(-c2nc(-c3c(-c4ccccc4)noc3C)c[nH]2)cc1. The molecule has 0 aliphatic rings. The van der Waals surface area contributed by atoms with Crippen LogP contribution in [-0.4, -0.2) is 27.6 Å². The monoisotopic (exact) mass is 382 g/mol. The molecule has 2 N–H and O–H groups in total. The van der Waals surface area contributed by atoms with Crippen LogP contribution in [0.3, 0.4) is 0 Å². The molecule has 2 aromatic carbocycles. The van der Waals surface area contributed by atoms with Crippen LogP contribution in [0.4, 0.5) is 0 Å². The lowest BCUT2D eigenvalue weighted by atomic mass is 10.0. The molecule has 6 nitrogen and oxygen atoms in total. The summed E-state index contributed by atoms with van der Waals surface area (Å²) in [7, 11) is 0. The average molecular weight is 382 g/mol. The number of H-pyrrole nitrogens is 1. The minimum Gasteiger partial charge on any atom is -0.360 e. The standard InChI is InChI=1S/C23H18N4O2/c1-3-13-24-23(28)18-11-9-17(10-12-18)22-25-14-19(26-22)20-15(2)29-27-21(20)16-7-5-4-6-8-16/h1,4-12,14H,13H2,2H3,(H,24,28)(H,25,26). The molecule has 4 aromatic rings. The van der Waals surface area contributed by atoms with Crippen LogP contribution < -0.4 is 5.32 Å². The summed E-state index contributed by atoms with van der Waals surface area (Å²) in [5.74, 6) is 3.56. The Bertz CT molecular complexity index is 1180. The Morgan fingerprint density at radius 3 is 2.62 bits per heavy atom. The predicted octanol–water partition coefficient (Wildman–Crippen LogP) is 4.07. The van der Waals surface area contributed by atoms with Gasteiger partial charge in [0.05, 0.1) is 17.8 Å². The molecule has 0 aliphatic carbocycles. The normalized spacial score (nSPS) is 10.5. The first-order valence-electron chi connectivity index (χ1n) is 9.07. The number of hydrogen-bond acceptors (Lipinski definition) is 4. The van der Waals surface area contributed by atoms with Gasteiger partial charge < -0.3 is 14.8 Å². The summed E-state index contributed by atoms with van der Waals surface area (Å²) in [5, 5.41) is 6.86. The number of aryl methyl sites for hydroxylation is 1. The van der Waals surface area contributed by atoms with Crippen molar-refractivity contribution in [3.63, 3.8) is 0 Å². The van der Waals surface area contributed by atoms with E-state index in [1.165, 1.54) is 0 Å². The first-order chi connectivity index (χ1) is 14.2. The smallest absolute Gasteiger partial charge is 0.252 e. The molecule has 2 aromatic heterocycles. The van der Waals surface area contributed by atoms with Gasteiger partial charge in [0.1, 0.15) is 17.3 Å². The number of aromatic nitrogens is 3. The van der Waals surface area contributed by atoms with Gasteiger partial charge in [0.2, 0.25) is 0 Å². The van der Waals surface area contributed by atoms with Crippen molar-refractivity contribution in [2.75, 3.05) is 6.54 Å². The number of benzene rings is 2. The highest BCUT2D eigenvalue weighted by molar-refractivity contribution is 5.94. The zero-order valence-electron chi connectivity index (χ0n) is 15.8. The van der Waals surface area contributed by atoms with Crippen LogP contribution in [0.1, 0.15) is 16.1 Å². The van der Waals surface area contributed by atoms with E-state index in [0.29, 0.717) is 17.1 Å². The molecule has 2 heterocycles. The molecule has 6 heteroatoms. The zero-order chi connectivity index (χ0) is 20.2. The average Bonchev–Trinajstić information content (AvgIpc) is 3.39. The van der Waals surface area contributed by atoms with Crippen LogP contribution in [0.25, 0.3) is 33.9 Å². The summed E-state index contributed by atoms with van der Waals surface area (Å²) in [6, 6.07) is 17.0. The molecular formula is C23H18N4O2. The summed E-state index contributed by atoms with van der Waals surface area (Å²) in [4.78, 5) is 19.9. The van der Waals surface area contributed by atoms with Crippen LogP contribution in [0.2, 0.25) is 0 Å². The molecule has 1 amide bonds. The van der Waals surface area contributed by atoms with Crippen molar-refractivity contribution in [2.24, 2.45) is 0 Å². The number of terminal acetylenes is 1. The number of carbonyl (C=O) groups is 1. The van der Waals surface area contributed by atoms with Gasteiger partial charge in [-0.1, -0.05) is 53.5 Å². The van der Waals surface area contributed by atoms with Crippen molar-refractivity contribution in [3.8, 4) is 46.2 Å². The minimum absolute atomic E-state index is 0.198. The Labute approximate surface area is 168 Å². The van der Waals surface area contributed by atoms with Crippen molar-refractivity contribution in [1.82, 2.24) is 20.4 Å². The van der Waals surface area contributed by atoms with E-state index >= 15 is 0 Å². The van der Waals surface area contributed by atoms with Crippen molar-refractivity contribution >= 4 is 5.91 Å². The third-order valence-electron chi connectivity index (χ3n) is 4.52. The summed E-state index contributed by atoms with van der Waals surface area (Å²) in [5.41, 5.74) is 4.71. The molecule has 0 bridgehead atoms. The van der Waals surface area contributed by atoms with Gasteiger partial charge in [0, 0.05) is 22.9 Å². The Morgan fingerprint density at radius 1 is 1.14 bits per heavy atom. The number of hydrogen-bond donors (Lipinski definition) is 2. The molecule has 0 saturated heterocycles. The van der Waals surface area contributed by atoms with Crippen LogP contribution in [0, 0.1) is 19.3 Å². The molecule has 142 valence electrons. The van der Waals surface area contributed by atoms with Gasteiger partial charge in [-0.3, -0.25) is 4.79 Å². The third-order valence-corrected chi connectivity index (χ3v) is 4.52. The molecule has 0 saturated carbocycles. The number of rotatable bonds is 5. The predicted molar refractivity (Wildman–Crippen MR) is 111 cm³/mol. The van der Waals surface area contributed by atoms with Crippen molar-refractivity contribution in [2.45, 2.75) is 6.92 Å². The lowest BCUT2D eigenvalue weighted by Crippen LogP contribution is -2.23. The highest BCUT2D eigenvalue weighted by Crippen LogP contribution is 2.34. The number of nitrogens with one attached hydrogen (secondary N) is 2. The summed E-state index contributed by atoms with van der Waals surface area (Å²) < 4.78 is 5.43. The summed E-state index contributed by atoms with van der Waals surface area (Å²) in [6.45, 7) is 2.07. The Kier molecular flexibility index (Phi) is 4.95. The highest BCUT2D eigenvalue weighted by Gasteiger charge is 2.19. The quantitative estimate of drug-likeness (QED) is 0.510. The van der Waals surface area contributed by atoms with Gasteiger partial charge in [0.25, 0.3) is 5.91 Å². The van der Waals surface area contributed by atoms with Gasteiger partial charge in [0.15, 0.2) is 0 Å².